The van der Waals surface area contributed by atoms with Crippen molar-refractivity contribution in [2.45, 2.75) is 39.2 Å². The van der Waals surface area contributed by atoms with Crippen LogP contribution in [-0.4, -0.2) is 77.3 Å². The first-order chi connectivity index (χ1) is 16.0. The van der Waals surface area contributed by atoms with Gasteiger partial charge in [0.15, 0.2) is 5.17 Å². The van der Waals surface area contributed by atoms with E-state index in [9.17, 15) is 14.0 Å². The highest BCUT2D eigenvalue weighted by molar-refractivity contribution is 8.18. The molecule has 3 aliphatic heterocycles. The van der Waals surface area contributed by atoms with Gasteiger partial charge in [0.05, 0.1) is 4.91 Å². The first-order valence-corrected chi connectivity index (χ1v) is 12.3. The number of hydrogen-bond donors (Lipinski definition) is 1. The van der Waals surface area contributed by atoms with Crippen molar-refractivity contribution in [3.8, 4) is 5.75 Å². The van der Waals surface area contributed by atoms with Gasteiger partial charge in [-0.05, 0) is 68.4 Å². The Morgan fingerprint density at radius 3 is 2.88 bits per heavy atom. The van der Waals surface area contributed by atoms with Crippen LogP contribution in [0.4, 0.5) is 9.18 Å². The van der Waals surface area contributed by atoms with E-state index in [-0.39, 0.29) is 11.7 Å². The Hall–Kier alpha value is -2.43. The van der Waals surface area contributed by atoms with Crippen molar-refractivity contribution in [2.75, 3.05) is 39.3 Å². The minimum atomic E-state index is -0.473. The van der Waals surface area contributed by atoms with E-state index < -0.39 is 11.9 Å². The summed E-state index contributed by atoms with van der Waals surface area (Å²) in [5.41, 5.74) is 3.56. The van der Waals surface area contributed by atoms with Crippen LogP contribution in [0.25, 0.3) is 6.08 Å². The molecule has 4 rings (SSSR count). The Balaban J connectivity index is 1.46. The van der Waals surface area contributed by atoms with Crippen LogP contribution in [0, 0.1) is 5.82 Å². The maximum Gasteiger partial charge on any atom is 0.415 e. The molecule has 10 heteroatoms. The predicted octanol–water partition coefficient (Wildman–Crippen LogP) is 3.31. The number of amides is 2. The maximum atomic E-state index is 14.0. The van der Waals surface area contributed by atoms with Crippen molar-refractivity contribution in [3.05, 3.63) is 34.5 Å². The summed E-state index contributed by atoms with van der Waals surface area (Å²) in [7, 11) is 0. The highest BCUT2D eigenvalue weighted by atomic mass is 32.2. The predicted molar refractivity (Wildman–Crippen MR) is 127 cm³/mol. The van der Waals surface area contributed by atoms with Gasteiger partial charge in [-0.2, -0.15) is 4.99 Å². The number of carbonyl (C=O) groups is 2. The number of benzene rings is 1. The van der Waals surface area contributed by atoms with Crippen molar-refractivity contribution in [3.63, 3.8) is 0 Å². The molecular weight excluding hydrogens is 445 g/mol. The van der Waals surface area contributed by atoms with Crippen LogP contribution in [0.15, 0.2) is 28.1 Å². The summed E-state index contributed by atoms with van der Waals surface area (Å²) in [4.78, 5) is 33.8. The topological polar surface area (TPSA) is 77.5 Å². The number of rotatable bonds is 5. The standard InChI is InChI=1S/C23H30FN5O3S/c1-3-27(4-2)18-9-12-28(15-18)23(31)32-19-8-7-17(24)13-16(19)14-20-21(30)26-22(33-20)29-11-6-5-10-25-29/h7-8,13-14,18,25H,3-6,9-12,15H2,1-2H3. The van der Waals surface area contributed by atoms with E-state index in [4.69, 9.17) is 4.74 Å². The number of aliphatic imine (C=N–C) groups is 1. The maximum absolute atomic E-state index is 14.0. The number of halogens is 1. The Morgan fingerprint density at radius 1 is 1.33 bits per heavy atom. The highest BCUT2D eigenvalue weighted by Gasteiger charge is 2.31. The molecule has 1 unspecified atom stereocenters. The van der Waals surface area contributed by atoms with Crippen LogP contribution in [0.2, 0.25) is 0 Å². The molecule has 2 saturated heterocycles. The number of nitrogens with zero attached hydrogens (tertiary/aromatic N) is 4. The monoisotopic (exact) mass is 475 g/mol. The van der Waals surface area contributed by atoms with Gasteiger partial charge in [0.25, 0.3) is 5.91 Å². The van der Waals surface area contributed by atoms with Gasteiger partial charge in [0.1, 0.15) is 11.6 Å². The summed E-state index contributed by atoms with van der Waals surface area (Å²) < 4.78 is 19.7. The zero-order valence-electron chi connectivity index (χ0n) is 19.1. The molecule has 33 heavy (non-hydrogen) atoms. The summed E-state index contributed by atoms with van der Waals surface area (Å²) in [6.07, 6.45) is 4.08. The molecule has 0 saturated carbocycles. The number of thioether (sulfide) groups is 1. The number of likely N-dealkylation sites (tertiary alicyclic amines) is 1. The Bertz CT molecular complexity index is 959. The highest BCUT2D eigenvalue weighted by Crippen LogP contribution is 2.33. The van der Waals surface area contributed by atoms with Crippen LogP contribution >= 0.6 is 11.8 Å². The molecule has 0 spiro atoms. The first kappa shape index (κ1) is 23.7. The summed E-state index contributed by atoms with van der Waals surface area (Å²) in [5.74, 6) is -0.637. The van der Waals surface area contributed by atoms with Gasteiger partial charge in [-0.3, -0.25) is 14.7 Å². The quantitative estimate of drug-likeness (QED) is 0.655. The molecule has 0 aliphatic carbocycles. The van der Waals surface area contributed by atoms with Crippen molar-refractivity contribution in [2.24, 2.45) is 4.99 Å². The summed E-state index contributed by atoms with van der Waals surface area (Å²) >= 11 is 1.23. The lowest BCUT2D eigenvalue weighted by Crippen LogP contribution is -2.45. The molecule has 1 atom stereocenters. The molecule has 2 amide bonds. The van der Waals surface area contributed by atoms with Gasteiger partial charge in [0, 0.05) is 37.8 Å². The normalized spacial score (nSPS) is 22.4. The van der Waals surface area contributed by atoms with Crippen molar-refractivity contribution in [1.29, 1.82) is 0 Å². The van der Waals surface area contributed by atoms with Crippen LogP contribution in [0.3, 0.4) is 0 Å². The third kappa shape index (κ3) is 5.56. The second kappa shape index (κ2) is 10.7. The van der Waals surface area contributed by atoms with E-state index in [0.29, 0.717) is 34.8 Å². The number of nitrogens with one attached hydrogen (secondary N) is 1. The first-order valence-electron chi connectivity index (χ1n) is 11.5. The molecule has 0 bridgehead atoms. The van der Waals surface area contributed by atoms with Crippen molar-refractivity contribution in [1.82, 2.24) is 20.2 Å². The number of hydrazine groups is 1. The molecule has 0 aromatic heterocycles. The van der Waals surface area contributed by atoms with Gasteiger partial charge in [-0.1, -0.05) is 13.8 Å². The zero-order chi connectivity index (χ0) is 23.4. The van der Waals surface area contributed by atoms with E-state index in [1.54, 1.807) is 11.0 Å². The fraction of sp³-hybridized carbons (Fsp3) is 0.522. The molecule has 3 heterocycles. The lowest BCUT2D eigenvalue weighted by Gasteiger charge is -2.28. The second-order valence-corrected chi connectivity index (χ2v) is 9.25. The minimum Gasteiger partial charge on any atom is -0.410 e. The lowest BCUT2D eigenvalue weighted by molar-refractivity contribution is -0.113. The van der Waals surface area contributed by atoms with E-state index >= 15 is 0 Å². The van der Waals surface area contributed by atoms with Gasteiger partial charge < -0.3 is 9.64 Å². The molecule has 3 aliphatic rings. The fourth-order valence-electron chi connectivity index (χ4n) is 4.34. The summed E-state index contributed by atoms with van der Waals surface area (Å²) in [5, 5.41) is 2.46. The van der Waals surface area contributed by atoms with Gasteiger partial charge in [0.2, 0.25) is 0 Å². The Morgan fingerprint density at radius 2 is 2.15 bits per heavy atom. The molecule has 178 valence electrons. The van der Waals surface area contributed by atoms with E-state index in [0.717, 1.165) is 45.4 Å². The minimum absolute atomic E-state index is 0.220. The molecule has 1 N–H and O–H groups in total. The molecular formula is C23H30FN5O3S. The van der Waals surface area contributed by atoms with Crippen molar-refractivity contribution < 1.29 is 18.7 Å². The van der Waals surface area contributed by atoms with Crippen LogP contribution in [0.5, 0.6) is 5.75 Å². The summed E-state index contributed by atoms with van der Waals surface area (Å²) in [6, 6.07) is 4.25. The Kier molecular flexibility index (Phi) is 7.67. The van der Waals surface area contributed by atoms with Crippen LogP contribution in [0.1, 0.15) is 38.7 Å². The summed E-state index contributed by atoms with van der Waals surface area (Å²) in [6.45, 7) is 8.93. The van der Waals surface area contributed by atoms with E-state index in [1.807, 2.05) is 5.01 Å². The smallest absolute Gasteiger partial charge is 0.410 e. The van der Waals surface area contributed by atoms with E-state index in [2.05, 4.69) is 29.2 Å². The molecule has 8 nitrogen and oxygen atoms in total. The average molecular weight is 476 g/mol. The molecule has 2 fully saturated rings. The van der Waals surface area contributed by atoms with Crippen LogP contribution in [-0.2, 0) is 4.79 Å². The molecule has 1 aromatic rings. The fourth-order valence-corrected chi connectivity index (χ4v) is 5.25. The van der Waals surface area contributed by atoms with Crippen molar-refractivity contribution >= 4 is 35.0 Å². The van der Waals surface area contributed by atoms with Gasteiger partial charge >= 0.3 is 6.09 Å². The SMILES string of the molecule is CCN(CC)C1CCN(C(=O)Oc2ccc(F)cc2C=C2SC(N3CCCCN3)=NC2=O)C1. The lowest BCUT2D eigenvalue weighted by atomic mass is 10.2. The number of carbonyl (C=O) groups excluding carboxylic acids is 2. The van der Waals surface area contributed by atoms with Gasteiger partial charge in [-0.15, -0.1) is 0 Å². The second-order valence-electron chi connectivity index (χ2n) is 8.24. The van der Waals surface area contributed by atoms with Crippen LogP contribution < -0.4 is 10.2 Å². The third-order valence-corrected chi connectivity index (χ3v) is 7.16. The third-order valence-electron chi connectivity index (χ3n) is 6.16. The largest absolute Gasteiger partial charge is 0.415 e. The van der Waals surface area contributed by atoms with Gasteiger partial charge in [-0.25, -0.2) is 14.6 Å². The number of ether oxygens (including phenoxy) is 1. The Labute approximate surface area is 197 Å². The zero-order valence-corrected chi connectivity index (χ0v) is 19.9. The number of likely N-dealkylation sites (N-methyl/N-ethyl adjacent to an activating group) is 1. The molecule has 1 aromatic carbocycles. The average Bonchev–Trinajstić information content (AvgIpc) is 3.45. The number of hydrogen-bond acceptors (Lipinski definition) is 7. The number of amidine groups is 1. The molecule has 0 radical (unpaired) electrons. The van der Waals surface area contributed by atoms with E-state index in [1.165, 1.54) is 30.0 Å².